The van der Waals surface area contributed by atoms with Crippen LogP contribution in [0.15, 0.2) is 36.4 Å². The second-order valence-corrected chi connectivity index (χ2v) is 7.63. The summed E-state index contributed by atoms with van der Waals surface area (Å²) in [6.45, 7) is -1.87. The van der Waals surface area contributed by atoms with Gasteiger partial charge in [-0.3, -0.25) is 9.69 Å². The van der Waals surface area contributed by atoms with Gasteiger partial charge >= 0.3 is 6.18 Å². The van der Waals surface area contributed by atoms with E-state index < -0.39 is 25.2 Å². The summed E-state index contributed by atoms with van der Waals surface area (Å²) in [5.41, 5.74) is 1.66. The van der Waals surface area contributed by atoms with Gasteiger partial charge in [-0.1, -0.05) is 31.0 Å². The highest BCUT2D eigenvalue weighted by molar-refractivity contribution is 5.91. The van der Waals surface area contributed by atoms with Crippen molar-refractivity contribution in [2.24, 2.45) is 0 Å². The number of nitrogens with one attached hydrogen (secondary N) is 1. The van der Waals surface area contributed by atoms with Crippen LogP contribution in [0.3, 0.4) is 0 Å². The number of rotatable bonds is 9. The Morgan fingerprint density at radius 1 is 1.23 bits per heavy atom. The molecule has 1 saturated carbocycles. The maximum absolute atomic E-state index is 12.8. The van der Waals surface area contributed by atoms with Crippen LogP contribution in [0.5, 0.6) is 0 Å². The van der Waals surface area contributed by atoms with Gasteiger partial charge in [-0.05, 0) is 31.4 Å². The van der Waals surface area contributed by atoms with Gasteiger partial charge in [0.15, 0.2) is 0 Å². The zero-order chi connectivity index (χ0) is 21.6. The highest BCUT2D eigenvalue weighted by Gasteiger charge is 2.31. The molecule has 1 aromatic carbocycles. The van der Waals surface area contributed by atoms with Gasteiger partial charge in [0.05, 0.1) is 24.5 Å². The van der Waals surface area contributed by atoms with E-state index in [0.29, 0.717) is 11.7 Å². The van der Waals surface area contributed by atoms with Gasteiger partial charge in [0.1, 0.15) is 5.82 Å². The lowest BCUT2D eigenvalue weighted by molar-refractivity contribution is -0.148. The number of para-hydroxylation sites is 1. The molecular weight excluding hydrogens is 397 g/mol. The Hall–Kier alpha value is -2.39. The van der Waals surface area contributed by atoms with Crippen molar-refractivity contribution in [1.29, 1.82) is 0 Å². The van der Waals surface area contributed by atoms with E-state index in [1.54, 1.807) is 4.68 Å². The van der Waals surface area contributed by atoms with E-state index in [4.69, 9.17) is 5.11 Å². The third-order valence-corrected chi connectivity index (χ3v) is 5.17. The van der Waals surface area contributed by atoms with Crippen molar-refractivity contribution < 1.29 is 23.1 Å². The van der Waals surface area contributed by atoms with E-state index in [2.05, 4.69) is 10.4 Å². The quantitative estimate of drug-likeness (QED) is 0.644. The van der Waals surface area contributed by atoms with Crippen molar-refractivity contribution in [3.8, 4) is 5.69 Å². The second kappa shape index (κ2) is 10.1. The van der Waals surface area contributed by atoms with Gasteiger partial charge in [-0.2, -0.15) is 18.3 Å². The SMILES string of the molecule is O=C(CN(CCCO)CC(F)(F)F)Nc1cc(C2CCCC2)nn1-c1ccccc1. The predicted octanol–water partition coefficient (Wildman–Crippen LogP) is 3.72. The van der Waals surface area contributed by atoms with Crippen LogP contribution in [0.25, 0.3) is 5.69 Å². The minimum Gasteiger partial charge on any atom is -0.396 e. The van der Waals surface area contributed by atoms with Gasteiger partial charge in [-0.15, -0.1) is 0 Å². The fraction of sp³-hybridized carbons (Fsp3) is 0.524. The number of carbonyl (C=O) groups is 1. The molecule has 0 bridgehead atoms. The predicted molar refractivity (Wildman–Crippen MR) is 108 cm³/mol. The number of halogens is 3. The largest absolute Gasteiger partial charge is 0.401 e. The number of alkyl halides is 3. The van der Waals surface area contributed by atoms with Crippen LogP contribution in [0, 0.1) is 0 Å². The lowest BCUT2D eigenvalue weighted by atomic mass is 10.0. The molecule has 30 heavy (non-hydrogen) atoms. The maximum atomic E-state index is 12.8. The molecule has 1 aliphatic carbocycles. The number of anilines is 1. The first kappa shape index (κ1) is 22.3. The average molecular weight is 424 g/mol. The molecule has 2 aromatic rings. The van der Waals surface area contributed by atoms with Crippen LogP contribution >= 0.6 is 0 Å². The van der Waals surface area contributed by atoms with Gasteiger partial charge < -0.3 is 10.4 Å². The fourth-order valence-corrected chi connectivity index (χ4v) is 3.82. The number of hydrogen-bond acceptors (Lipinski definition) is 4. The summed E-state index contributed by atoms with van der Waals surface area (Å²) < 4.78 is 40.1. The normalized spacial score (nSPS) is 15.1. The molecule has 0 spiro atoms. The van der Waals surface area contributed by atoms with Crippen molar-refractivity contribution in [1.82, 2.24) is 14.7 Å². The summed E-state index contributed by atoms with van der Waals surface area (Å²) in [7, 11) is 0. The van der Waals surface area contributed by atoms with E-state index in [-0.39, 0.29) is 19.6 Å². The highest BCUT2D eigenvalue weighted by Crippen LogP contribution is 2.35. The van der Waals surface area contributed by atoms with Crippen molar-refractivity contribution >= 4 is 11.7 Å². The third kappa shape index (κ3) is 6.30. The molecule has 3 rings (SSSR count). The zero-order valence-electron chi connectivity index (χ0n) is 16.7. The summed E-state index contributed by atoms with van der Waals surface area (Å²) in [4.78, 5) is 13.6. The zero-order valence-corrected chi connectivity index (χ0v) is 16.7. The molecule has 1 amide bonds. The number of amides is 1. The molecule has 6 nitrogen and oxygen atoms in total. The summed E-state index contributed by atoms with van der Waals surface area (Å²) in [5, 5.41) is 16.3. The van der Waals surface area contributed by atoms with Gasteiger partial charge in [0.2, 0.25) is 5.91 Å². The smallest absolute Gasteiger partial charge is 0.396 e. The number of hydrogen-bond donors (Lipinski definition) is 2. The molecule has 0 unspecified atom stereocenters. The van der Waals surface area contributed by atoms with E-state index in [9.17, 15) is 18.0 Å². The third-order valence-electron chi connectivity index (χ3n) is 5.17. The Bertz CT molecular complexity index is 817. The molecule has 1 aliphatic rings. The Labute approximate surface area is 173 Å². The van der Waals surface area contributed by atoms with Crippen molar-refractivity contribution in [3.63, 3.8) is 0 Å². The van der Waals surface area contributed by atoms with E-state index >= 15 is 0 Å². The molecule has 1 heterocycles. The van der Waals surface area contributed by atoms with E-state index in [1.807, 2.05) is 36.4 Å². The molecular formula is C21H27F3N4O2. The molecule has 2 N–H and O–H groups in total. The number of carbonyl (C=O) groups excluding carboxylic acids is 1. The molecule has 0 radical (unpaired) electrons. The average Bonchev–Trinajstić information content (AvgIpc) is 3.35. The van der Waals surface area contributed by atoms with Crippen LogP contribution in [0.2, 0.25) is 0 Å². The van der Waals surface area contributed by atoms with Crippen LogP contribution in [-0.4, -0.2) is 58.1 Å². The Morgan fingerprint density at radius 3 is 2.57 bits per heavy atom. The Kier molecular flexibility index (Phi) is 7.49. The number of benzene rings is 1. The van der Waals surface area contributed by atoms with Gasteiger partial charge in [-0.25, -0.2) is 4.68 Å². The summed E-state index contributed by atoms with van der Waals surface area (Å²) >= 11 is 0. The summed E-state index contributed by atoms with van der Waals surface area (Å²) in [6, 6.07) is 11.1. The molecule has 0 aliphatic heterocycles. The molecule has 164 valence electrons. The molecule has 0 atom stereocenters. The number of aliphatic hydroxyl groups excluding tert-OH is 1. The van der Waals surface area contributed by atoms with Crippen molar-refractivity contribution in [2.75, 3.05) is 31.6 Å². The lowest BCUT2D eigenvalue weighted by Crippen LogP contribution is -2.40. The summed E-state index contributed by atoms with van der Waals surface area (Å²) in [5.74, 6) is 0.228. The maximum Gasteiger partial charge on any atom is 0.401 e. The van der Waals surface area contributed by atoms with Crippen LogP contribution in [0.1, 0.15) is 43.7 Å². The van der Waals surface area contributed by atoms with Crippen LogP contribution in [-0.2, 0) is 4.79 Å². The molecule has 9 heteroatoms. The van der Waals surface area contributed by atoms with Crippen molar-refractivity contribution in [2.45, 2.75) is 44.2 Å². The number of aliphatic hydroxyl groups is 1. The monoisotopic (exact) mass is 424 g/mol. The molecule has 1 aromatic heterocycles. The van der Waals surface area contributed by atoms with Crippen LogP contribution < -0.4 is 5.32 Å². The Morgan fingerprint density at radius 2 is 1.93 bits per heavy atom. The van der Waals surface area contributed by atoms with Crippen LogP contribution in [0.4, 0.5) is 19.0 Å². The first-order valence-electron chi connectivity index (χ1n) is 10.2. The lowest BCUT2D eigenvalue weighted by Gasteiger charge is -2.22. The first-order valence-corrected chi connectivity index (χ1v) is 10.2. The first-order chi connectivity index (χ1) is 14.4. The number of nitrogens with zero attached hydrogens (tertiary/aromatic N) is 3. The standard InChI is InChI=1S/C21H27F3N4O2/c22-21(23,24)15-27(11-6-12-29)14-20(30)25-19-13-18(16-7-4-5-8-16)26-28(19)17-9-2-1-3-10-17/h1-3,9-10,13,16,29H,4-8,11-12,14-15H2,(H,25,30). The fourth-order valence-electron chi connectivity index (χ4n) is 3.82. The highest BCUT2D eigenvalue weighted by atomic mass is 19.4. The minimum absolute atomic E-state index is 0.0191. The van der Waals surface area contributed by atoms with Gasteiger partial charge in [0.25, 0.3) is 0 Å². The van der Waals surface area contributed by atoms with E-state index in [1.165, 1.54) is 0 Å². The minimum atomic E-state index is -4.42. The molecule has 0 saturated heterocycles. The van der Waals surface area contributed by atoms with E-state index in [0.717, 1.165) is 42.0 Å². The molecule has 1 fully saturated rings. The van der Waals surface area contributed by atoms with Crippen molar-refractivity contribution in [3.05, 3.63) is 42.1 Å². The number of aromatic nitrogens is 2. The second-order valence-electron chi connectivity index (χ2n) is 7.63. The topological polar surface area (TPSA) is 70.4 Å². The summed E-state index contributed by atoms with van der Waals surface area (Å²) in [6.07, 6.45) is 0.109. The van der Waals surface area contributed by atoms with Gasteiger partial charge in [0, 0.05) is 25.1 Å². The Balaban J connectivity index is 1.77.